The van der Waals surface area contributed by atoms with Crippen molar-refractivity contribution in [1.82, 2.24) is 0 Å². The minimum Gasteiger partial charge on any atom is -0.407 e. The van der Waals surface area contributed by atoms with Crippen LogP contribution in [0.3, 0.4) is 0 Å². The lowest BCUT2D eigenvalue weighted by Gasteiger charge is -2.50. The number of rotatable bonds is 15. The highest BCUT2D eigenvalue weighted by Crippen LogP contribution is 2.58. The summed E-state index contributed by atoms with van der Waals surface area (Å²) in [6.07, 6.45) is 10.6. The van der Waals surface area contributed by atoms with E-state index < -0.39 is 18.4 Å². The van der Waals surface area contributed by atoms with Gasteiger partial charge in [-0.3, -0.25) is 4.18 Å². The summed E-state index contributed by atoms with van der Waals surface area (Å²) in [6.45, 7) is 12.1. The van der Waals surface area contributed by atoms with Gasteiger partial charge in [0.2, 0.25) is 0 Å². The molecule has 0 heterocycles. The number of ether oxygens (including phenoxy) is 2. The predicted molar refractivity (Wildman–Crippen MR) is 177 cm³/mol. The molecule has 4 atom stereocenters. The summed E-state index contributed by atoms with van der Waals surface area (Å²) in [5, 5.41) is 2.52. The lowest BCUT2D eigenvalue weighted by molar-refractivity contribution is -0.147. The number of hydrogen-bond acceptors (Lipinski definition) is 6. The zero-order chi connectivity index (χ0) is 31.1. The highest BCUT2D eigenvalue weighted by Gasteiger charge is 2.54. The molecule has 1 saturated carbocycles. The molecule has 6 nitrogen and oxygen atoms in total. The minimum atomic E-state index is -3.50. The fraction of sp³-hybridized carbons (Fsp3) is 0.543. The van der Waals surface area contributed by atoms with Crippen molar-refractivity contribution in [1.29, 1.82) is 0 Å². The van der Waals surface area contributed by atoms with Gasteiger partial charge in [0.25, 0.3) is 18.4 Å². The lowest BCUT2D eigenvalue weighted by Crippen LogP contribution is -2.66. The van der Waals surface area contributed by atoms with E-state index in [1.54, 1.807) is 7.11 Å². The maximum Gasteiger partial charge on any atom is 0.264 e. The number of allylic oxidation sites excluding steroid dienone is 2. The molecule has 2 aromatic rings. The van der Waals surface area contributed by atoms with Gasteiger partial charge in [-0.2, -0.15) is 8.42 Å². The van der Waals surface area contributed by atoms with Gasteiger partial charge >= 0.3 is 0 Å². The average Bonchev–Trinajstić information content (AvgIpc) is 3.32. The Labute approximate surface area is 260 Å². The van der Waals surface area contributed by atoms with Crippen LogP contribution in [0.1, 0.15) is 59.3 Å². The van der Waals surface area contributed by atoms with Crippen molar-refractivity contribution in [2.24, 2.45) is 17.3 Å². The molecule has 0 aliphatic heterocycles. The Morgan fingerprint density at radius 2 is 1.65 bits per heavy atom. The van der Waals surface area contributed by atoms with Gasteiger partial charge in [-0.25, -0.2) is 0 Å². The number of fused-ring (bicyclic) bond motifs is 1. The fourth-order valence-corrected chi connectivity index (χ4v) is 12.8. The van der Waals surface area contributed by atoms with Crippen LogP contribution in [0, 0.1) is 17.3 Å². The van der Waals surface area contributed by atoms with Crippen molar-refractivity contribution < 1.29 is 26.5 Å². The topological polar surface area (TPSA) is 71.1 Å². The van der Waals surface area contributed by atoms with Crippen LogP contribution in [-0.4, -0.2) is 56.2 Å². The third-order valence-electron chi connectivity index (χ3n) is 9.43. The maximum atomic E-state index is 11.7. The smallest absolute Gasteiger partial charge is 0.264 e. The van der Waals surface area contributed by atoms with Crippen molar-refractivity contribution in [3.63, 3.8) is 0 Å². The van der Waals surface area contributed by atoms with E-state index >= 15 is 0 Å². The van der Waals surface area contributed by atoms with Gasteiger partial charge in [0.1, 0.15) is 6.79 Å². The molecule has 236 valence electrons. The Hall–Kier alpha value is -2.07. The summed E-state index contributed by atoms with van der Waals surface area (Å²) in [5.74, 6) is 0.438. The van der Waals surface area contributed by atoms with Crippen molar-refractivity contribution in [2.75, 3.05) is 33.4 Å². The van der Waals surface area contributed by atoms with Gasteiger partial charge < -0.3 is 13.9 Å². The monoisotopic (exact) mass is 626 g/mol. The minimum absolute atomic E-state index is 0.0665. The van der Waals surface area contributed by atoms with E-state index in [4.69, 9.17) is 18.1 Å². The molecule has 3 unspecified atom stereocenters. The fourth-order valence-electron chi connectivity index (χ4n) is 7.71. The van der Waals surface area contributed by atoms with E-state index in [1.165, 1.54) is 15.9 Å². The average molecular weight is 627 g/mol. The van der Waals surface area contributed by atoms with Gasteiger partial charge in [0.05, 0.1) is 19.0 Å². The molecule has 8 heteroatoms. The van der Waals surface area contributed by atoms with E-state index in [2.05, 4.69) is 94.1 Å². The van der Waals surface area contributed by atoms with Crippen molar-refractivity contribution in [3.05, 3.63) is 85.0 Å². The summed E-state index contributed by atoms with van der Waals surface area (Å²) in [7, 11) is -4.46. The third kappa shape index (κ3) is 7.43. The van der Waals surface area contributed by atoms with Crippen LogP contribution in [0.2, 0.25) is 5.04 Å². The first-order chi connectivity index (χ1) is 20.5. The van der Waals surface area contributed by atoms with Crippen LogP contribution < -0.4 is 10.4 Å². The second kappa shape index (κ2) is 14.4. The van der Waals surface area contributed by atoms with E-state index in [1.807, 2.05) is 6.08 Å². The first-order valence-electron chi connectivity index (χ1n) is 15.5. The highest BCUT2D eigenvalue weighted by molar-refractivity contribution is 7.85. The Morgan fingerprint density at radius 3 is 2.19 bits per heavy atom. The molecule has 0 amide bonds. The number of benzene rings is 2. The lowest BCUT2D eigenvalue weighted by atomic mass is 9.58. The van der Waals surface area contributed by atoms with Crippen LogP contribution in [0.4, 0.5) is 0 Å². The molecular formula is C35H50O6SSi. The molecular weight excluding hydrogens is 577 g/mol. The largest absolute Gasteiger partial charge is 0.407 e. The number of hydrogen-bond donors (Lipinski definition) is 0. The van der Waals surface area contributed by atoms with E-state index in [0.717, 1.165) is 44.8 Å². The Kier molecular flexibility index (Phi) is 11.3. The molecule has 0 N–H and O–H groups in total. The van der Waals surface area contributed by atoms with E-state index in [9.17, 15) is 8.42 Å². The van der Waals surface area contributed by atoms with Gasteiger partial charge in [0, 0.05) is 19.1 Å². The maximum absolute atomic E-state index is 11.7. The molecule has 4 rings (SSSR count). The first kappa shape index (κ1) is 33.8. The molecule has 0 saturated heterocycles. The molecule has 2 aliphatic rings. The van der Waals surface area contributed by atoms with Gasteiger partial charge in [-0.05, 0) is 65.8 Å². The molecule has 43 heavy (non-hydrogen) atoms. The van der Waals surface area contributed by atoms with E-state index in [-0.39, 0.29) is 35.9 Å². The third-order valence-corrected chi connectivity index (χ3v) is 15.0. The zero-order valence-corrected chi connectivity index (χ0v) is 28.4. The molecule has 2 aliphatic carbocycles. The van der Waals surface area contributed by atoms with E-state index in [0.29, 0.717) is 12.5 Å². The molecule has 2 aromatic carbocycles. The second-order valence-corrected chi connectivity index (χ2v) is 19.1. The van der Waals surface area contributed by atoms with Crippen molar-refractivity contribution in [2.45, 2.75) is 70.4 Å². The van der Waals surface area contributed by atoms with Crippen LogP contribution >= 0.6 is 0 Å². The molecule has 0 spiro atoms. The Balaban J connectivity index is 1.55. The van der Waals surface area contributed by atoms with Crippen LogP contribution in [-0.2, 0) is 28.2 Å². The van der Waals surface area contributed by atoms with Crippen LogP contribution in [0.5, 0.6) is 0 Å². The highest BCUT2D eigenvalue weighted by atomic mass is 32.2. The van der Waals surface area contributed by atoms with Gasteiger partial charge in [0.15, 0.2) is 0 Å². The van der Waals surface area contributed by atoms with Crippen LogP contribution in [0.15, 0.2) is 85.0 Å². The second-order valence-electron chi connectivity index (χ2n) is 13.2. The normalized spacial score (nSPS) is 24.4. The molecule has 1 fully saturated rings. The first-order valence-corrected chi connectivity index (χ1v) is 19.2. The Morgan fingerprint density at radius 1 is 1.02 bits per heavy atom. The van der Waals surface area contributed by atoms with Gasteiger partial charge in [-0.15, -0.1) is 6.58 Å². The summed E-state index contributed by atoms with van der Waals surface area (Å²) in [4.78, 5) is 0. The quantitative estimate of drug-likeness (QED) is 0.0768. The summed E-state index contributed by atoms with van der Waals surface area (Å²) < 4.78 is 47.6. The van der Waals surface area contributed by atoms with Crippen LogP contribution in [0.25, 0.3) is 0 Å². The Bertz CT molecular complexity index is 1280. The summed E-state index contributed by atoms with van der Waals surface area (Å²) in [5.41, 5.74) is 1.23. The standard InChI is InChI=1S/C35H50O6SSi/c1-7-22-35-29(20-21-30(35)24-28(26-40-42(6,36)37)25-33(35)39-27-38-5)15-14-23-41-43(34(2,3)4,31-16-10-8-11-17-31)32-18-12-9-13-19-32/h7-13,16-20,28,30,33H,1,14-15,21-27H2,2-6H3/t28?,30-,33?,35?/m1/s1. The molecule has 0 radical (unpaired) electrons. The number of methoxy groups -OCH3 is 1. The molecule has 0 bridgehead atoms. The summed E-state index contributed by atoms with van der Waals surface area (Å²) >= 11 is 0. The van der Waals surface area contributed by atoms with Gasteiger partial charge in [-0.1, -0.05) is 99.2 Å². The zero-order valence-electron chi connectivity index (χ0n) is 26.6. The summed E-state index contributed by atoms with van der Waals surface area (Å²) in [6, 6.07) is 21.6. The van der Waals surface area contributed by atoms with Crippen molar-refractivity contribution in [3.8, 4) is 0 Å². The SMILES string of the molecule is C=CCC12C(CCCO[Si](c3ccccc3)(c3ccccc3)C(C)(C)C)=CC[C@@H]1CC(COS(C)(=O)=O)CC2OCOC. The van der Waals surface area contributed by atoms with Crippen molar-refractivity contribution >= 4 is 28.8 Å². The molecule has 0 aromatic heterocycles. The predicted octanol–water partition coefficient (Wildman–Crippen LogP) is 6.23.